The maximum atomic E-state index is 13.1. The van der Waals surface area contributed by atoms with E-state index in [9.17, 15) is 9.59 Å². The third kappa shape index (κ3) is 3.22. The van der Waals surface area contributed by atoms with Crippen LogP contribution < -0.4 is 4.90 Å². The summed E-state index contributed by atoms with van der Waals surface area (Å²) in [7, 11) is 0. The van der Waals surface area contributed by atoms with Crippen molar-refractivity contribution in [2.24, 2.45) is 0 Å². The molecule has 134 valence electrons. The third-order valence-electron chi connectivity index (χ3n) is 4.54. The number of carbonyl (C=O) groups is 2. The molecule has 0 aromatic heterocycles. The van der Waals surface area contributed by atoms with Gasteiger partial charge in [-0.2, -0.15) is 0 Å². The van der Waals surface area contributed by atoms with Gasteiger partial charge in [0.2, 0.25) is 5.91 Å². The third-order valence-corrected chi connectivity index (χ3v) is 5.13. The lowest BCUT2D eigenvalue weighted by Gasteiger charge is -2.22. The van der Waals surface area contributed by atoms with E-state index in [0.29, 0.717) is 21.3 Å². The summed E-state index contributed by atoms with van der Waals surface area (Å²) in [6.45, 7) is 4.01. The molecule has 1 heterocycles. The molecule has 0 spiro atoms. The number of rotatable bonds is 4. The molecule has 0 aliphatic carbocycles. The Morgan fingerprint density at radius 1 is 1.23 bits per heavy atom. The van der Waals surface area contributed by atoms with Crippen LogP contribution in [0.4, 0.5) is 5.69 Å². The van der Waals surface area contributed by atoms with Crippen molar-refractivity contribution in [1.82, 2.24) is 0 Å². The fraction of sp³-hybridized carbons (Fsp3) is 0.200. The van der Waals surface area contributed by atoms with E-state index in [1.165, 1.54) is 6.08 Å². The molecule has 0 fully saturated rings. The van der Waals surface area contributed by atoms with Crippen molar-refractivity contribution in [2.45, 2.75) is 25.8 Å². The number of nitrogens with zero attached hydrogens (tertiary/aromatic N) is 1. The number of amides is 1. The van der Waals surface area contributed by atoms with E-state index in [1.54, 1.807) is 29.2 Å². The summed E-state index contributed by atoms with van der Waals surface area (Å²) in [5.41, 5.74) is 2.31. The van der Waals surface area contributed by atoms with E-state index in [2.05, 4.69) is 0 Å². The number of halogens is 2. The van der Waals surface area contributed by atoms with Crippen molar-refractivity contribution in [3.05, 3.63) is 69.2 Å². The summed E-state index contributed by atoms with van der Waals surface area (Å²) in [5, 5.41) is 9.95. The second-order valence-electron chi connectivity index (χ2n) is 6.67. The first kappa shape index (κ1) is 18.5. The predicted octanol–water partition coefficient (Wildman–Crippen LogP) is 4.92. The van der Waals surface area contributed by atoms with E-state index < -0.39 is 11.4 Å². The Bertz CT molecular complexity index is 935. The monoisotopic (exact) mass is 389 g/mol. The average Bonchev–Trinajstić information content (AvgIpc) is 2.76. The van der Waals surface area contributed by atoms with Crippen LogP contribution in [0.1, 0.15) is 30.5 Å². The molecule has 0 bridgehead atoms. The van der Waals surface area contributed by atoms with Gasteiger partial charge < -0.3 is 10.0 Å². The molecular formula is C20H17Cl2NO3. The van der Waals surface area contributed by atoms with Gasteiger partial charge in [0.25, 0.3) is 0 Å². The molecule has 0 atom stereocenters. The van der Waals surface area contributed by atoms with E-state index in [1.807, 2.05) is 26.0 Å². The molecule has 2 aromatic rings. The van der Waals surface area contributed by atoms with Gasteiger partial charge >= 0.3 is 5.97 Å². The van der Waals surface area contributed by atoms with Crippen LogP contribution in [0.2, 0.25) is 10.0 Å². The molecule has 26 heavy (non-hydrogen) atoms. The number of benzene rings is 2. The highest BCUT2D eigenvalue weighted by atomic mass is 35.5. The van der Waals surface area contributed by atoms with Gasteiger partial charge in [-0.05, 0) is 48.7 Å². The molecule has 3 rings (SSSR count). The lowest BCUT2D eigenvalue weighted by molar-refractivity contribution is -0.131. The number of fused-ring (bicyclic) bond motifs is 1. The van der Waals surface area contributed by atoms with E-state index >= 15 is 0 Å². The van der Waals surface area contributed by atoms with Crippen LogP contribution in [0.15, 0.2) is 42.5 Å². The number of anilines is 1. The fourth-order valence-corrected chi connectivity index (χ4v) is 3.66. The van der Waals surface area contributed by atoms with Crippen molar-refractivity contribution in [3.8, 4) is 0 Å². The van der Waals surface area contributed by atoms with Gasteiger partial charge in [0, 0.05) is 16.1 Å². The number of aliphatic carboxylic acids is 1. The standard InChI is InChI=1S/C20H17Cl2NO3/c1-20(2)15-5-3-4-12(7-9-17(24)25)18(15)23(19(20)26)11-13-6-8-14(21)10-16(13)22/h3-10H,11H2,1-2H3,(H,24,25). The Hall–Kier alpha value is -2.30. The second kappa shape index (κ2) is 6.78. The van der Waals surface area contributed by atoms with Gasteiger partial charge in [0.05, 0.1) is 17.6 Å². The lowest BCUT2D eigenvalue weighted by Crippen LogP contribution is -2.35. The lowest BCUT2D eigenvalue weighted by atomic mass is 9.85. The van der Waals surface area contributed by atoms with Crippen molar-refractivity contribution >= 4 is 46.8 Å². The summed E-state index contributed by atoms with van der Waals surface area (Å²) >= 11 is 12.2. The molecule has 1 amide bonds. The van der Waals surface area contributed by atoms with Crippen LogP contribution in [0.25, 0.3) is 6.08 Å². The first-order valence-electron chi connectivity index (χ1n) is 8.02. The summed E-state index contributed by atoms with van der Waals surface area (Å²) in [4.78, 5) is 25.6. The van der Waals surface area contributed by atoms with Crippen LogP contribution in [-0.2, 0) is 21.5 Å². The SMILES string of the molecule is CC1(C)C(=O)N(Cc2ccc(Cl)cc2Cl)c2c(C=CC(=O)O)cccc21. The van der Waals surface area contributed by atoms with Crippen molar-refractivity contribution < 1.29 is 14.7 Å². The van der Waals surface area contributed by atoms with E-state index in [0.717, 1.165) is 17.2 Å². The molecule has 4 nitrogen and oxygen atoms in total. The average molecular weight is 390 g/mol. The minimum Gasteiger partial charge on any atom is -0.478 e. The van der Waals surface area contributed by atoms with Crippen LogP contribution in [0.3, 0.4) is 0 Å². The Morgan fingerprint density at radius 3 is 2.62 bits per heavy atom. The van der Waals surface area contributed by atoms with Gasteiger partial charge in [-0.25, -0.2) is 4.79 Å². The van der Waals surface area contributed by atoms with Gasteiger partial charge in [0.1, 0.15) is 0 Å². The van der Waals surface area contributed by atoms with Crippen molar-refractivity contribution in [2.75, 3.05) is 4.90 Å². The van der Waals surface area contributed by atoms with Crippen LogP contribution in [0, 0.1) is 0 Å². The number of carboxylic acid groups (broad SMARTS) is 1. The van der Waals surface area contributed by atoms with E-state index in [-0.39, 0.29) is 12.5 Å². The Morgan fingerprint density at radius 2 is 1.96 bits per heavy atom. The molecule has 1 aliphatic heterocycles. The highest BCUT2D eigenvalue weighted by Crippen LogP contribution is 2.45. The van der Waals surface area contributed by atoms with Gasteiger partial charge in [-0.1, -0.05) is 47.5 Å². The van der Waals surface area contributed by atoms with Gasteiger partial charge in [-0.15, -0.1) is 0 Å². The van der Waals surface area contributed by atoms with Crippen LogP contribution in [0.5, 0.6) is 0 Å². The minimum atomic E-state index is -1.04. The number of carbonyl (C=O) groups excluding carboxylic acids is 1. The minimum absolute atomic E-state index is 0.0605. The van der Waals surface area contributed by atoms with E-state index in [4.69, 9.17) is 28.3 Å². The summed E-state index contributed by atoms with van der Waals surface area (Å²) in [6.07, 6.45) is 2.57. The largest absolute Gasteiger partial charge is 0.478 e. The normalized spacial score (nSPS) is 15.5. The zero-order valence-electron chi connectivity index (χ0n) is 14.3. The topological polar surface area (TPSA) is 57.6 Å². The molecule has 0 unspecified atom stereocenters. The Labute approximate surface area is 161 Å². The Balaban J connectivity index is 2.11. The fourth-order valence-electron chi connectivity index (χ4n) is 3.19. The zero-order chi connectivity index (χ0) is 19.1. The summed E-state index contributed by atoms with van der Waals surface area (Å²) < 4.78 is 0. The molecule has 0 saturated heterocycles. The van der Waals surface area contributed by atoms with Crippen LogP contribution >= 0.6 is 23.2 Å². The summed E-state index contributed by atoms with van der Waals surface area (Å²) in [6, 6.07) is 10.7. The highest BCUT2D eigenvalue weighted by Gasteiger charge is 2.44. The summed E-state index contributed by atoms with van der Waals surface area (Å²) in [5.74, 6) is -1.10. The smallest absolute Gasteiger partial charge is 0.328 e. The number of carboxylic acids is 1. The molecule has 1 aliphatic rings. The molecule has 0 radical (unpaired) electrons. The molecule has 0 saturated carbocycles. The second-order valence-corrected chi connectivity index (χ2v) is 7.51. The maximum Gasteiger partial charge on any atom is 0.328 e. The molecule has 2 aromatic carbocycles. The number of hydrogen-bond acceptors (Lipinski definition) is 2. The molecular weight excluding hydrogens is 373 g/mol. The Kier molecular flexibility index (Phi) is 4.82. The zero-order valence-corrected chi connectivity index (χ0v) is 15.8. The van der Waals surface area contributed by atoms with Gasteiger partial charge in [0.15, 0.2) is 0 Å². The van der Waals surface area contributed by atoms with Crippen LogP contribution in [-0.4, -0.2) is 17.0 Å². The molecule has 1 N–H and O–H groups in total. The maximum absolute atomic E-state index is 13.1. The van der Waals surface area contributed by atoms with Crippen molar-refractivity contribution in [3.63, 3.8) is 0 Å². The number of hydrogen-bond donors (Lipinski definition) is 1. The first-order chi connectivity index (χ1) is 12.2. The van der Waals surface area contributed by atoms with Gasteiger partial charge in [-0.3, -0.25) is 4.79 Å². The van der Waals surface area contributed by atoms with Crippen molar-refractivity contribution in [1.29, 1.82) is 0 Å². The highest BCUT2D eigenvalue weighted by molar-refractivity contribution is 6.35. The molecule has 6 heteroatoms. The quantitative estimate of drug-likeness (QED) is 0.755. The first-order valence-corrected chi connectivity index (χ1v) is 8.78. The number of para-hydroxylation sites is 1. The predicted molar refractivity (Wildman–Crippen MR) is 104 cm³/mol.